The number of nitro benzene ring substituents is 1. The number of ketones is 1. The Morgan fingerprint density at radius 1 is 1.14 bits per heavy atom. The fourth-order valence-corrected chi connectivity index (χ4v) is 2.14. The van der Waals surface area contributed by atoms with Crippen molar-refractivity contribution in [3.8, 4) is 5.75 Å². The van der Waals surface area contributed by atoms with Crippen LogP contribution in [0.15, 0.2) is 52.9 Å². The van der Waals surface area contributed by atoms with E-state index in [1.807, 2.05) is 0 Å². The summed E-state index contributed by atoms with van der Waals surface area (Å²) >= 11 is 0. The number of ether oxygens (including phenoxy) is 1. The molecule has 3 aromatic rings. The predicted octanol–water partition coefficient (Wildman–Crippen LogP) is 3.58. The number of nitrogens with zero attached hydrogens (tertiary/aromatic N) is 1. The highest BCUT2D eigenvalue weighted by Gasteiger charge is 2.16. The molecule has 0 aliphatic carbocycles. The lowest BCUT2D eigenvalue weighted by molar-refractivity contribution is -0.384. The van der Waals surface area contributed by atoms with E-state index in [9.17, 15) is 14.9 Å². The van der Waals surface area contributed by atoms with E-state index in [1.54, 1.807) is 31.4 Å². The Balaban J connectivity index is 1.98. The molecule has 0 aliphatic rings. The maximum Gasteiger partial charge on any atom is 0.270 e. The number of furan rings is 1. The number of hydrogen-bond acceptors (Lipinski definition) is 5. The second kappa shape index (κ2) is 5.33. The van der Waals surface area contributed by atoms with Crippen LogP contribution in [0.2, 0.25) is 0 Å². The summed E-state index contributed by atoms with van der Waals surface area (Å²) in [4.78, 5) is 22.6. The van der Waals surface area contributed by atoms with Crippen molar-refractivity contribution in [2.45, 2.75) is 0 Å². The highest BCUT2D eigenvalue weighted by molar-refractivity contribution is 6.09. The van der Waals surface area contributed by atoms with Crippen LogP contribution in [0, 0.1) is 10.1 Å². The molecular weight excluding hydrogens is 286 g/mol. The van der Waals surface area contributed by atoms with Gasteiger partial charge in [-0.05, 0) is 36.4 Å². The summed E-state index contributed by atoms with van der Waals surface area (Å²) in [6.45, 7) is 0. The Labute approximate surface area is 125 Å². The molecule has 0 aliphatic heterocycles. The third-order valence-corrected chi connectivity index (χ3v) is 3.29. The first-order valence-corrected chi connectivity index (χ1v) is 6.45. The van der Waals surface area contributed by atoms with Crippen LogP contribution in [-0.2, 0) is 0 Å². The minimum absolute atomic E-state index is 0.0447. The van der Waals surface area contributed by atoms with Gasteiger partial charge in [-0.25, -0.2) is 0 Å². The monoisotopic (exact) mass is 297 g/mol. The number of methoxy groups -OCH3 is 1. The first-order chi connectivity index (χ1) is 10.6. The van der Waals surface area contributed by atoms with Gasteiger partial charge >= 0.3 is 0 Å². The van der Waals surface area contributed by atoms with Crippen molar-refractivity contribution in [3.63, 3.8) is 0 Å². The fourth-order valence-electron chi connectivity index (χ4n) is 2.14. The van der Waals surface area contributed by atoms with Crippen LogP contribution < -0.4 is 4.74 Å². The van der Waals surface area contributed by atoms with Crippen molar-refractivity contribution >= 4 is 22.4 Å². The van der Waals surface area contributed by atoms with E-state index in [1.165, 1.54) is 24.3 Å². The lowest BCUT2D eigenvalue weighted by Crippen LogP contribution is -1.99. The van der Waals surface area contributed by atoms with Crippen LogP contribution in [0.25, 0.3) is 11.0 Å². The number of carbonyl (C=O) groups excluding carboxylic acids is 1. The van der Waals surface area contributed by atoms with Gasteiger partial charge in [-0.3, -0.25) is 14.9 Å². The van der Waals surface area contributed by atoms with Crippen molar-refractivity contribution in [2.75, 3.05) is 7.11 Å². The molecule has 110 valence electrons. The Morgan fingerprint density at radius 2 is 1.86 bits per heavy atom. The molecule has 22 heavy (non-hydrogen) atoms. The number of non-ortho nitro benzene ring substituents is 1. The van der Waals surface area contributed by atoms with Gasteiger partial charge in [0.05, 0.1) is 12.0 Å². The normalized spacial score (nSPS) is 10.6. The second-order valence-corrected chi connectivity index (χ2v) is 4.65. The minimum atomic E-state index is -0.489. The highest BCUT2D eigenvalue weighted by Crippen LogP contribution is 2.26. The minimum Gasteiger partial charge on any atom is -0.497 e. The molecule has 0 fully saturated rings. The molecule has 0 N–H and O–H groups in total. The molecule has 0 saturated heterocycles. The fraction of sp³-hybridized carbons (Fsp3) is 0.0625. The number of benzene rings is 2. The average Bonchev–Trinajstić information content (AvgIpc) is 2.97. The van der Waals surface area contributed by atoms with Crippen molar-refractivity contribution in [2.24, 2.45) is 0 Å². The Morgan fingerprint density at radius 3 is 2.50 bits per heavy atom. The summed E-state index contributed by atoms with van der Waals surface area (Å²) in [7, 11) is 1.54. The Bertz CT molecular complexity index is 864. The van der Waals surface area contributed by atoms with Gasteiger partial charge in [0.25, 0.3) is 5.69 Å². The molecule has 1 aromatic heterocycles. The summed E-state index contributed by atoms with van der Waals surface area (Å²) < 4.78 is 10.5. The second-order valence-electron chi connectivity index (χ2n) is 4.65. The molecule has 1 heterocycles. The van der Waals surface area contributed by atoms with Crippen LogP contribution in [-0.4, -0.2) is 17.8 Å². The van der Waals surface area contributed by atoms with Gasteiger partial charge in [0.15, 0.2) is 5.76 Å². The van der Waals surface area contributed by atoms with E-state index in [0.717, 1.165) is 0 Å². The van der Waals surface area contributed by atoms with Crippen molar-refractivity contribution in [1.82, 2.24) is 0 Å². The molecule has 6 heteroatoms. The first-order valence-electron chi connectivity index (χ1n) is 6.45. The lowest BCUT2D eigenvalue weighted by Gasteiger charge is -2.00. The molecule has 0 bridgehead atoms. The number of rotatable bonds is 4. The van der Waals surface area contributed by atoms with Crippen molar-refractivity contribution in [3.05, 3.63) is 70.0 Å². The molecular formula is C16H11NO5. The van der Waals surface area contributed by atoms with Crippen molar-refractivity contribution < 1.29 is 18.9 Å². The van der Waals surface area contributed by atoms with Crippen LogP contribution in [0.3, 0.4) is 0 Å². The van der Waals surface area contributed by atoms with Gasteiger partial charge in [0, 0.05) is 23.1 Å². The van der Waals surface area contributed by atoms with E-state index in [-0.39, 0.29) is 17.2 Å². The van der Waals surface area contributed by atoms with Crippen LogP contribution in [0.5, 0.6) is 5.75 Å². The molecule has 0 atom stereocenters. The van der Waals surface area contributed by atoms with Gasteiger partial charge < -0.3 is 9.15 Å². The summed E-state index contributed by atoms with van der Waals surface area (Å²) in [5.41, 5.74) is 0.841. The van der Waals surface area contributed by atoms with Gasteiger partial charge in [0.2, 0.25) is 5.78 Å². The third kappa shape index (κ3) is 2.42. The van der Waals surface area contributed by atoms with Crippen LogP contribution in [0.4, 0.5) is 5.69 Å². The zero-order valence-electron chi connectivity index (χ0n) is 11.6. The molecule has 0 radical (unpaired) electrons. The molecule has 0 spiro atoms. The predicted molar refractivity (Wildman–Crippen MR) is 79.3 cm³/mol. The van der Waals surface area contributed by atoms with E-state index < -0.39 is 4.92 Å². The Kier molecular flexibility index (Phi) is 3.34. The smallest absolute Gasteiger partial charge is 0.270 e. The van der Waals surface area contributed by atoms with E-state index in [2.05, 4.69) is 0 Å². The molecule has 0 saturated carbocycles. The number of hydrogen-bond donors (Lipinski definition) is 0. The zero-order valence-corrected chi connectivity index (χ0v) is 11.6. The van der Waals surface area contributed by atoms with E-state index >= 15 is 0 Å². The van der Waals surface area contributed by atoms with Crippen molar-refractivity contribution in [1.29, 1.82) is 0 Å². The molecule has 0 unspecified atom stereocenters. The molecule has 2 aromatic carbocycles. The maximum absolute atomic E-state index is 12.4. The maximum atomic E-state index is 12.4. The SMILES string of the molecule is COc1ccc(C(=O)c2cc3cc([N+](=O)[O-])ccc3o2)cc1. The van der Waals surface area contributed by atoms with Gasteiger partial charge in [-0.2, -0.15) is 0 Å². The Hall–Kier alpha value is -3.15. The largest absolute Gasteiger partial charge is 0.497 e. The quantitative estimate of drug-likeness (QED) is 0.417. The van der Waals surface area contributed by atoms with E-state index in [0.29, 0.717) is 22.3 Å². The van der Waals surface area contributed by atoms with E-state index in [4.69, 9.17) is 9.15 Å². The zero-order chi connectivity index (χ0) is 15.7. The summed E-state index contributed by atoms with van der Waals surface area (Å²) in [6, 6.07) is 12.3. The topological polar surface area (TPSA) is 82.6 Å². The average molecular weight is 297 g/mol. The molecule has 6 nitrogen and oxygen atoms in total. The highest BCUT2D eigenvalue weighted by atomic mass is 16.6. The molecule has 3 rings (SSSR count). The molecule has 0 amide bonds. The number of fused-ring (bicyclic) bond motifs is 1. The first kappa shape index (κ1) is 13.8. The van der Waals surface area contributed by atoms with Crippen LogP contribution in [0.1, 0.15) is 16.1 Å². The lowest BCUT2D eigenvalue weighted by atomic mass is 10.1. The van der Waals surface area contributed by atoms with Gasteiger partial charge in [0.1, 0.15) is 11.3 Å². The standard InChI is InChI=1S/C16H11NO5/c1-21-13-5-2-10(3-6-13)16(18)15-9-11-8-12(17(19)20)4-7-14(11)22-15/h2-9H,1H3. The summed E-state index contributed by atoms with van der Waals surface area (Å²) in [5.74, 6) is 0.499. The van der Waals surface area contributed by atoms with Gasteiger partial charge in [-0.1, -0.05) is 0 Å². The number of carbonyl (C=O) groups is 1. The third-order valence-electron chi connectivity index (χ3n) is 3.29. The number of nitro groups is 1. The summed E-state index contributed by atoms with van der Waals surface area (Å²) in [6.07, 6.45) is 0. The van der Waals surface area contributed by atoms with Gasteiger partial charge in [-0.15, -0.1) is 0 Å². The van der Waals surface area contributed by atoms with Crippen LogP contribution >= 0.6 is 0 Å². The summed E-state index contributed by atoms with van der Waals surface area (Å²) in [5, 5.41) is 11.3.